The molecule has 0 aliphatic carbocycles. The van der Waals surface area contributed by atoms with Crippen LogP contribution in [0.2, 0.25) is 0 Å². The van der Waals surface area contributed by atoms with E-state index in [1.165, 1.54) is 0 Å². The smallest absolute Gasteiger partial charge is 0.326 e. The Hall–Kier alpha value is -3.37. The highest BCUT2D eigenvalue weighted by molar-refractivity contribution is 6.11. The fourth-order valence-electron chi connectivity index (χ4n) is 4.59. The minimum atomic E-state index is -0.623. The molecule has 4 rings (SSSR count). The number of carbonyl (C=O) groups excluding carboxylic acids is 2. The summed E-state index contributed by atoms with van der Waals surface area (Å²) in [5, 5.41) is 10.4. The number of ether oxygens (including phenoxy) is 1. The number of anilines is 2. The number of fused-ring (bicyclic) bond motifs is 1. The molecular formula is C26H36ClN7O3. The molecular weight excluding hydrogens is 494 g/mol. The summed E-state index contributed by atoms with van der Waals surface area (Å²) in [4.78, 5) is 35.3. The number of carbonyl (C=O) groups is 2. The number of hydrogen-bond donors (Lipinski definition) is 2. The average Bonchev–Trinajstić information content (AvgIpc) is 3.10. The summed E-state index contributed by atoms with van der Waals surface area (Å²) in [5.74, 6) is 0.698. The second-order valence-corrected chi connectivity index (χ2v) is 9.72. The topological polar surface area (TPSA) is 105 Å². The van der Waals surface area contributed by atoms with Crippen molar-refractivity contribution >= 4 is 46.9 Å². The number of pyridine rings is 1. The molecule has 3 amide bonds. The lowest BCUT2D eigenvalue weighted by Gasteiger charge is -2.36. The van der Waals surface area contributed by atoms with Crippen molar-refractivity contribution in [2.24, 2.45) is 7.05 Å². The van der Waals surface area contributed by atoms with Crippen molar-refractivity contribution in [3.63, 3.8) is 0 Å². The van der Waals surface area contributed by atoms with Gasteiger partial charge in [-0.1, -0.05) is 6.07 Å². The van der Waals surface area contributed by atoms with Gasteiger partial charge in [0.2, 0.25) is 0 Å². The number of hydrogen-bond acceptors (Lipinski definition) is 7. The Labute approximate surface area is 223 Å². The largest absolute Gasteiger partial charge is 0.491 e. The lowest BCUT2D eigenvalue weighted by atomic mass is 10.0. The van der Waals surface area contributed by atoms with Crippen LogP contribution in [0.1, 0.15) is 42.7 Å². The minimum absolute atomic E-state index is 0. The first-order valence-electron chi connectivity index (χ1n) is 12.3. The number of nitrogens with one attached hydrogen (secondary N) is 2. The number of rotatable bonds is 6. The number of piperidine rings is 1. The third-order valence-corrected chi connectivity index (χ3v) is 6.41. The van der Waals surface area contributed by atoms with Gasteiger partial charge >= 0.3 is 6.03 Å². The zero-order valence-electron chi connectivity index (χ0n) is 22.2. The Bertz CT molecular complexity index is 1270. The van der Waals surface area contributed by atoms with E-state index < -0.39 is 11.9 Å². The van der Waals surface area contributed by atoms with Crippen molar-refractivity contribution < 1.29 is 14.3 Å². The highest BCUT2D eigenvalue weighted by Crippen LogP contribution is 2.28. The molecule has 1 aliphatic rings. The van der Waals surface area contributed by atoms with Crippen LogP contribution in [0.4, 0.5) is 16.3 Å². The van der Waals surface area contributed by atoms with Crippen LogP contribution in [-0.2, 0) is 7.05 Å². The van der Waals surface area contributed by atoms with Gasteiger partial charge in [-0.2, -0.15) is 5.10 Å². The Morgan fingerprint density at radius 2 is 1.86 bits per heavy atom. The summed E-state index contributed by atoms with van der Waals surface area (Å²) in [6.45, 7) is 7.29. The molecule has 1 saturated heterocycles. The maximum atomic E-state index is 13.4. The second-order valence-electron chi connectivity index (χ2n) is 9.72. The molecule has 2 N–H and O–H groups in total. The first kappa shape index (κ1) is 28.2. The van der Waals surface area contributed by atoms with Crippen LogP contribution >= 0.6 is 12.4 Å². The number of urea groups is 1. The number of benzene rings is 1. The van der Waals surface area contributed by atoms with Crippen LogP contribution in [0, 0.1) is 6.92 Å². The summed E-state index contributed by atoms with van der Waals surface area (Å²) in [5.41, 5.74) is 2.37. The molecule has 1 fully saturated rings. The fourth-order valence-corrected chi connectivity index (χ4v) is 4.59. The predicted octanol–water partition coefficient (Wildman–Crippen LogP) is 3.98. The number of amides is 3. The average molecular weight is 530 g/mol. The molecule has 2 aromatic heterocycles. The lowest BCUT2D eigenvalue weighted by molar-refractivity contribution is 0.0967. The van der Waals surface area contributed by atoms with E-state index in [-0.39, 0.29) is 18.5 Å². The van der Waals surface area contributed by atoms with E-state index in [9.17, 15) is 9.59 Å². The molecule has 1 aliphatic heterocycles. The van der Waals surface area contributed by atoms with Crippen molar-refractivity contribution in [2.75, 3.05) is 37.4 Å². The van der Waals surface area contributed by atoms with Crippen molar-refractivity contribution in [1.29, 1.82) is 0 Å². The molecule has 0 saturated carbocycles. The Morgan fingerprint density at radius 3 is 2.51 bits per heavy atom. The quantitative estimate of drug-likeness (QED) is 0.497. The second kappa shape index (κ2) is 11.8. The minimum Gasteiger partial charge on any atom is -0.491 e. The Balaban J connectivity index is 0.00000380. The molecule has 37 heavy (non-hydrogen) atoms. The zero-order valence-corrected chi connectivity index (χ0v) is 23.1. The van der Waals surface area contributed by atoms with Gasteiger partial charge in [-0.15, -0.1) is 12.4 Å². The van der Waals surface area contributed by atoms with E-state index in [0.29, 0.717) is 34.5 Å². The van der Waals surface area contributed by atoms with Gasteiger partial charge in [0.15, 0.2) is 5.65 Å². The van der Waals surface area contributed by atoms with Crippen LogP contribution in [0.5, 0.6) is 5.75 Å². The van der Waals surface area contributed by atoms with Gasteiger partial charge in [-0.3, -0.25) is 14.8 Å². The van der Waals surface area contributed by atoms with Crippen LogP contribution in [-0.4, -0.2) is 70.9 Å². The molecule has 200 valence electrons. The van der Waals surface area contributed by atoms with Crippen molar-refractivity contribution in [2.45, 2.75) is 45.8 Å². The molecule has 0 radical (unpaired) electrons. The standard InChI is InChI=1S/C26H35N7O3.ClH/c1-16(2)36-20-9-7-8-18(14-20)27-26(35)29-25(34)22-15-21-17(3)30-32(6)23(21)28-24(22)33-12-10-19(11-13-33)31(4)5;/h7-9,14-16,19H,10-13H2,1-6H3,(H2,27,29,34,35);1H. The van der Waals surface area contributed by atoms with Crippen LogP contribution < -0.4 is 20.3 Å². The molecule has 3 heterocycles. The van der Waals surface area contributed by atoms with Crippen LogP contribution in [0.25, 0.3) is 11.0 Å². The van der Waals surface area contributed by atoms with E-state index in [0.717, 1.165) is 37.0 Å². The molecule has 0 bridgehead atoms. The summed E-state index contributed by atoms with van der Waals surface area (Å²) >= 11 is 0. The van der Waals surface area contributed by atoms with Gasteiger partial charge < -0.3 is 19.9 Å². The first-order valence-corrected chi connectivity index (χ1v) is 12.3. The number of halogens is 1. The number of aromatic nitrogens is 3. The molecule has 0 spiro atoms. The molecule has 10 nitrogen and oxygen atoms in total. The van der Waals surface area contributed by atoms with E-state index in [1.807, 2.05) is 33.9 Å². The number of nitrogens with zero attached hydrogens (tertiary/aromatic N) is 5. The maximum absolute atomic E-state index is 13.4. The first-order chi connectivity index (χ1) is 17.1. The fraction of sp³-hybridized carbons (Fsp3) is 0.462. The SMILES string of the molecule is Cc1nn(C)c2nc(N3CCC(N(C)C)CC3)c(C(=O)NC(=O)Nc3cccc(OC(C)C)c3)cc12.Cl. The van der Waals surface area contributed by atoms with Crippen LogP contribution in [0.3, 0.4) is 0 Å². The van der Waals surface area contributed by atoms with E-state index in [1.54, 1.807) is 28.9 Å². The molecule has 3 aromatic rings. The third kappa shape index (κ3) is 6.50. The Morgan fingerprint density at radius 1 is 1.16 bits per heavy atom. The van der Waals surface area contributed by atoms with Gasteiger partial charge in [0, 0.05) is 43.3 Å². The predicted molar refractivity (Wildman–Crippen MR) is 148 cm³/mol. The molecule has 11 heteroatoms. The van der Waals surface area contributed by atoms with Gasteiger partial charge in [-0.05, 0) is 65.9 Å². The third-order valence-electron chi connectivity index (χ3n) is 6.41. The highest BCUT2D eigenvalue weighted by atomic mass is 35.5. The molecule has 0 atom stereocenters. The van der Waals surface area contributed by atoms with Crippen LogP contribution in [0.15, 0.2) is 30.3 Å². The van der Waals surface area contributed by atoms with Gasteiger partial charge in [0.1, 0.15) is 11.6 Å². The van der Waals surface area contributed by atoms with Gasteiger partial charge in [0.25, 0.3) is 5.91 Å². The lowest BCUT2D eigenvalue weighted by Crippen LogP contribution is -2.43. The summed E-state index contributed by atoms with van der Waals surface area (Å²) in [6, 6.07) is 8.72. The van der Waals surface area contributed by atoms with E-state index >= 15 is 0 Å². The van der Waals surface area contributed by atoms with Crippen molar-refractivity contribution in [1.82, 2.24) is 25.0 Å². The Kier molecular flexibility index (Phi) is 8.98. The van der Waals surface area contributed by atoms with E-state index in [4.69, 9.17) is 9.72 Å². The van der Waals surface area contributed by atoms with Crippen molar-refractivity contribution in [3.05, 3.63) is 41.6 Å². The number of aryl methyl sites for hydroxylation is 2. The highest BCUT2D eigenvalue weighted by Gasteiger charge is 2.27. The summed E-state index contributed by atoms with van der Waals surface area (Å²) in [7, 11) is 6.02. The van der Waals surface area contributed by atoms with Crippen molar-refractivity contribution in [3.8, 4) is 5.75 Å². The maximum Gasteiger partial charge on any atom is 0.326 e. The van der Waals surface area contributed by atoms with Gasteiger partial charge in [-0.25, -0.2) is 9.78 Å². The molecule has 1 aromatic carbocycles. The molecule has 0 unspecified atom stereocenters. The normalized spacial score (nSPS) is 14.1. The monoisotopic (exact) mass is 529 g/mol. The number of imide groups is 1. The summed E-state index contributed by atoms with van der Waals surface area (Å²) in [6.07, 6.45) is 1.94. The summed E-state index contributed by atoms with van der Waals surface area (Å²) < 4.78 is 7.41. The van der Waals surface area contributed by atoms with Gasteiger partial charge in [0.05, 0.1) is 17.4 Å². The van der Waals surface area contributed by atoms with E-state index in [2.05, 4.69) is 39.6 Å². The zero-order chi connectivity index (χ0) is 26.0.